The number of carbonyl (C=O) groups is 1. The lowest BCUT2D eigenvalue weighted by Crippen LogP contribution is -2.25. The fourth-order valence-corrected chi connectivity index (χ4v) is 5.58. The first-order valence-corrected chi connectivity index (χ1v) is 12.2. The van der Waals surface area contributed by atoms with Crippen LogP contribution in [-0.4, -0.2) is 11.1 Å². The number of hydrogen-bond acceptors (Lipinski definition) is 1. The van der Waals surface area contributed by atoms with Crippen LogP contribution >= 0.6 is 0 Å². The Morgan fingerprint density at radius 3 is 1.93 bits per heavy atom. The van der Waals surface area contributed by atoms with Gasteiger partial charge in [-0.15, -0.1) is 0 Å². The predicted molar refractivity (Wildman–Crippen MR) is 119 cm³/mol. The van der Waals surface area contributed by atoms with Crippen LogP contribution in [0.25, 0.3) is 0 Å². The van der Waals surface area contributed by atoms with E-state index in [0.717, 1.165) is 30.1 Å². The van der Waals surface area contributed by atoms with Crippen molar-refractivity contribution in [2.45, 2.75) is 110 Å². The Hall–Kier alpha value is -1.05. The molecule has 2 rings (SSSR count). The molecule has 2 aliphatic carbocycles. The highest BCUT2D eigenvalue weighted by molar-refractivity contribution is 5.80. The Morgan fingerprint density at radius 1 is 0.786 bits per heavy atom. The topological polar surface area (TPSA) is 37.3 Å². The molecule has 1 N–H and O–H groups in total. The lowest BCUT2D eigenvalue weighted by molar-refractivity contribution is -0.131. The molecule has 2 aliphatic rings. The van der Waals surface area contributed by atoms with Crippen LogP contribution in [-0.2, 0) is 4.79 Å². The van der Waals surface area contributed by atoms with Crippen molar-refractivity contribution >= 4 is 5.97 Å². The first-order chi connectivity index (χ1) is 13.7. The zero-order valence-electron chi connectivity index (χ0n) is 18.3. The summed E-state index contributed by atoms with van der Waals surface area (Å²) >= 11 is 0. The maximum absolute atomic E-state index is 10.4. The fourth-order valence-electron chi connectivity index (χ4n) is 5.58. The van der Waals surface area contributed by atoms with E-state index in [-0.39, 0.29) is 0 Å². The van der Waals surface area contributed by atoms with Crippen LogP contribution < -0.4 is 0 Å². The molecule has 28 heavy (non-hydrogen) atoms. The van der Waals surface area contributed by atoms with E-state index in [1.165, 1.54) is 102 Å². The van der Waals surface area contributed by atoms with Gasteiger partial charge in [-0.2, -0.15) is 0 Å². The lowest BCUT2D eigenvalue weighted by Gasteiger charge is -2.38. The molecule has 2 fully saturated rings. The Labute approximate surface area is 173 Å². The quantitative estimate of drug-likeness (QED) is 0.209. The van der Waals surface area contributed by atoms with Gasteiger partial charge in [0.15, 0.2) is 0 Å². The third-order valence-electron chi connectivity index (χ3n) is 7.39. The molecule has 2 heteroatoms. The van der Waals surface area contributed by atoms with Crippen LogP contribution in [0.1, 0.15) is 110 Å². The standard InChI is InChI=1S/C26H44O2/c1-2-3-4-5-8-11-22-14-18-24(19-15-22)25-20-16-23(17-21-25)12-9-6-7-10-13-26(27)28/h6-7,10,13,22-25H,2-5,8-9,11-12,14-21H2,1H3,(H,27,28). The Balaban J connectivity index is 1.53. The average Bonchev–Trinajstić information content (AvgIpc) is 2.71. The summed E-state index contributed by atoms with van der Waals surface area (Å²) < 4.78 is 0. The molecule has 2 saturated carbocycles. The molecule has 0 saturated heterocycles. The highest BCUT2D eigenvalue weighted by atomic mass is 16.4. The summed E-state index contributed by atoms with van der Waals surface area (Å²) in [6, 6.07) is 0. The third-order valence-corrected chi connectivity index (χ3v) is 7.39. The third kappa shape index (κ3) is 9.43. The molecule has 0 aromatic rings. The minimum atomic E-state index is -0.871. The molecule has 0 bridgehead atoms. The van der Waals surface area contributed by atoms with E-state index in [1.807, 2.05) is 6.08 Å². The minimum absolute atomic E-state index is 0.871. The summed E-state index contributed by atoms with van der Waals surface area (Å²) in [5, 5.41) is 8.57. The summed E-state index contributed by atoms with van der Waals surface area (Å²) in [6.45, 7) is 2.30. The number of aliphatic carboxylic acids is 1. The number of allylic oxidation sites excluding steroid dienone is 3. The van der Waals surface area contributed by atoms with E-state index in [2.05, 4.69) is 13.0 Å². The van der Waals surface area contributed by atoms with Crippen molar-refractivity contribution in [3.63, 3.8) is 0 Å². The number of carboxylic acid groups (broad SMARTS) is 1. The average molecular weight is 389 g/mol. The second-order valence-electron chi connectivity index (χ2n) is 9.47. The van der Waals surface area contributed by atoms with Gasteiger partial charge in [-0.3, -0.25) is 0 Å². The molecule has 0 radical (unpaired) electrons. The first kappa shape index (κ1) is 23.2. The maximum Gasteiger partial charge on any atom is 0.328 e. The lowest BCUT2D eigenvalue weighted by atomic mass is 9.68. The normalized spacial score (nSPS) is 28.9. The van der Waals surface area contributed by atoms with E-state index in [1.54, 1.807) is 6.08 Å². The van der Waals surface area contributed by atoms with Gasteiger partial charge in [0.2, 0.25) is 0 Å². The van der Waals surface area contributed by atoms with Crippen molar-refractivity contribution in [1.29, 1.82) is 0 Å². The number of rotatable bonds is 12. The van der Waals surface area contributed by atoms with E-state index >= 15 is 0 Å². The summed E-state index contributed by atoms with van der Waals surface area (Å²) in [4.78, 5) is 10.4. The van der Waals surface area contributed by atoms with Crippen LogP contribution in [0.5, 0.6) is 0 Å². The van der Waals surface area contributed by atoms with Crippen molar-refractivity contribution in [2.24, 2.45) is 23.7 Å². The number of unbranched alkanes of at least 4 members (excludes halogenated alkanes) is 4. The van der Waals surface area contributed by atoms with Crippen LogP contribution in [0.3, 0.4) is 0 Å². The van der Waals surface area contributed by atoms with Gasteiger partial charge in [0.25, 0.3) is 0 Å². The monoisotopic (exact) mass is 388 g/mol. The molecule has 160 valence electrons. The van der Waals surface area contributed by atoms with Crippen molar-refractivity contribution in [3.8, 4) is 0 Å². The summed E-state index contributed by atoms with van der Waals surface area (Å²) in [5.74, 6) is 3.10. The van der Waals surface area contributed by atoms with Crippen molar-refractivity contribution < 1.29 is 9.90 Å². The van der Waals surface area contributed by atoms with Crippen LogP contribution in [0.4, 0.5) is 0 Å². The van der Waals surface area contributed by atoms with Gasteiger partial charge in [-0.05, 0) is 62.2 Å². The second kappa shape index (κ2) is 14.0. The maximum atomic E-state index is 10.4. The molecule has 0 atom stereocenters. The minimum Gasteiger partial charge on any atom is -0.478 e. The molecule has 2 nitrogen and oxygen atoms in total. The van der Waals surface area contributed by atoms with E-state index < -0.39 is 5.97 Å². The molecule has 0 aromatic heterocycles. The van der Waals surface area contributed by atoms with Crippen molar-refractivity contribution in [1.82, 2.24) is 0 Å². The SMILES string of the molecule is CCCCCCCC1CCC(C2CCC(CCC=CC=CC(=O)O)CC2)CC1. The van der Waals surface area contributed by atoms with Gasteiger partial charge in [-0.1, -0.05) is 89.4 Å². The van der Waals surface area contributed by atoms with Crippen LogP contribution in [0.15, 0.2) is 24.3 Å². The largest absolute Gasteiger partial charge is 0.478 e. The number of hydrogen-bond donors (Lipinski definition) is 1. The van der Waals surface area contributed by atoms with Gasteiger partial charge in [0.05, 0.1) is 0 Å². The highest BCUT2D eigenvalue weighted by Gasteiger charge is 2.30. The Bertz CT molecular complexity index is 463. The van der Waals surface area contributed by atoms with Gasteiger partial charge < -0.3 is 5.11 Å². The van der Waals surface area contributed by atoms with E-state index in [4.69, 9.17) is 5.11 Å². The molecule has 0 aliphatic heterocycles. The molecular formula is C26H44O2. The van der Waals surface area contributed by atoms with E-state index in [0.29, 0.717) is 0 Å². The molecule has 0 aromatic carbocycles. The van der Waals surface area contributed by atoms with Gasteiger partial charge in [-0.25, -0.2) is 4.79 Å². The molecule has 0 amide bonds. The fraction of sp³-hybridized carbons (Fsp3) is 0.808. The number of carboxylic acids is 1. The summed E-state index contributed by atoms with van der Waals surface area (Å²) in [5.41, 5.74) is 0. The molecule has 0 spiro atoms. The molecule has 0 heterocycles. The van der Waals surface area contributed by atoms with Crippen molar-refractivity contribution in [2.75, 3.05) is 0 Å². The summed E-state index contributed by atoms with van der Waals surface area (Å²) in [7, 11) is 0. The van der Waals surface area contributed by atoms with Crippen LogP contribution in [0.2, 0.25) is 0 Å². The zero-order valence-corrected chi connectivity index (χ0v) is 18.3. The Kier molecular flexibility index (Phi) is 11.6. The van der Waals surface area contributed by atoms with E-state index in [9.17, 15) is 4.79 Å². The predicted octanol–water partition coefficient (Wildman–Crippen LogP) is 7.94. The first-order valence-electron chi connectivity index (χ1n) is 12.2. The molecular weight excluding hydrogens is 344 g/mol. The van der Waals surface area contributed by atoms with Gasteiger partial charge in [0.1, 0.15) is 0 Å². The second-order valence-corrected chi connectivity index (χ2v) is 9.47. The van der Waals surface area contributed by atoms with Crippen LogP contribution in [0, 0.1) is 23.7 Å². The van der Waals surface area contributed by atoms with Gasteiger partial charge >= 0.3 is 5.97 Å². The zero-order chi connectivity index (χ0) is 20.0. The smallest absolute Gasteiger partial charge is 0.328 e. The Morgan fingerprint density at radius 2 is 1.36 bits per heavy atom. The molecule has 0 unspecified atom stereocenters. The summed E-state index contributed by atoms with van der Waals surface area (Å²) in [6.07, 6.45) is 29.6. The van der Waals surface area contributed by atoms with Gasteiger partial charge in [0, 0.05) is 6.08 Å². The van der Waals surface area contributed by atoms with Crippen molar-refractivity contribution in [3.05, 3.63) is 24.3 Å². The highest BCUT2D eigenvalue weighted by Crippen LogP contribution is 2.43.